The van der Waals surface area contributed by atoms with E-state index in [0.717, 1.165) is 25.2 Å². The van der Waals surface area contributed by atoms with Gasteiger partial charge in [-0.05, 0) is 68.5 Å². The third-order valence-corrected chi connectivity index (χ3v) is 5.19. The lowest BCUT2D eigenvalue weighted by Crippen LogP contribution is -2.29. The van der Waals surface area contributed by atoms with Crippen molar-refractivity contribution in [3.63, 3.8) is 0 Å². The molecule has 2 aliphatic rings. The van der Waals surface area contributed by atoms with Crippen LogP contribution >= 0.6 is 0 Å². The van der Waals surface area contributed by atoms with Gasteiger partial charge in [-0.25, -0.2) is 4.79 Å². The average Bonchev–Trinajstić information content (AvgIpc) is 3.11. The molecule has 2 fully saturated rings. The number of carbonyl (C=O) groups excluding carboxylic acids is 1. The molecule has 2 heterocycles. The maximum Gasteiger partial charge on any atom is 0.414 e. The van der Waals surface area contributed by atoms with E-state index < -0.39 is 0 Å². The number of benzene rings is 1. The predicted molar refractivity (Wildman–Crippen MR) is 96.3 cm³/mol. The van der Waals surface area contributed by atoms with Crippen LogP contribution in [0.25, 0.3) is 0 Å². The number of hydrogen-bond donors (Lipinski definition) is 1. The second-order valence-corrected chi connectivity index (χ2v) is 7.42. The highest BCUT2D eigenvalue weighted by atomic mass is 16.6. The van der Waals surface area contributed by atoms with Crippen LogP contribution in [0.4, 0.5) is 10.5 Å². The van der Waals surface area contributed by atoms with Crippen molar-refractivity contribution < 1.29 is 14.6 Å². The highest BCUT2D eigenvalue weighted by Gasteiger charge is 2.35. The minimum absolute atomic E-state index is 0.140. The molecule has 25 heavy (non-hydrogen) atoms. The van der Waals surface area contributed by atoms with Crippen molar-refractivity contribution in [3.05, 3.63) is 28.8 Å². The van der Waals surface area contributed by atoms with Crippen molar-refractivity contribution in [2.75, 3.05) is 31.1 Å². The van der Waals surface area contributed by atoms with Crippen LogP contribution in [-0.4, -0.2) is 44.3 Å². The first-order valence-corrected chi connectivity index (χ1v) is 8.79. The van der Waals surface area contributed by atoms with Crippen LogP contribution in [0.15, 0.2) is 17.1 Å². The van der Waals surface area contributed by atoms with E-state index in [1.54, 1.807) is 4.90 Å². The molecule has 0 radical (unpaired) electrons. The van der Waals surface area contributed by atoms with E-state index in [4.69, 9.17) is 4.74 Å². The Kier molecular flexibility index (Phi) is 4.73. The molecule has 2 unspecified atom stereocenters. The number of carbonyl (C=O) groups is 1. The first-order chi connectivity index (χ1) is 11.8. The number of anilines is 1. The molecule has 0 bridgehead atoms. The van der Waals surface area contributed by atoms with E-state index in [1.165, 1.54) is 23.6 Å². The van der Waals surface area contributed by atoms with Gasteiger partial charge in [0.25, 0.3) is 0 Å². The Morgan fingerprint density at radius 1 is 1.44 bits per heavy atom. The maximum absolute atomic E-state index is 12.2. The summed E-state index contributed by atoms with van der Waals surface area (Å²) in [4.78, 5) is 17.7. The summed E-state index contributed by atoms with van der Waals surface area (Å²) < 4.78 is 5.34. The lowest BCUT2D eigenvalue weighted by molar-refractivity contribution is -0.216. The SMILES string of the molecule is CC([O-])=NCC1CN(c2cc(C)c(C3(C)CCNC3)c(C)c2)C(=O)O1. The molecule has 0 aromatic heterocycles. The summed E-state index contributed by atoms with van der Waals surface area (Å²) in [5, 5.41) is 14.4. The van der Waals surface area contributed by atoms with Crippen LogP contribution in [0.1, 0.15) is 37.0 Å². The molecule has 0 spiro atoms. The van der Waals surface area contributed by atoms with Crippen molar-refractivity contribution in [1.82, 2.24) is 5.32 Å². The summed E-state index contributed by atoms with van der Waals surface area (Å²) >= 11 is 0. The fraction of sp³-hybridized carbons (Fsp3) is 0.579. The molecule has 136 valence electrons. The van der Waals surface area contributed by atoms with Crippen LogP contribution in [0, 0.1) is 13.8 Å². The van der Waals surface area contributed by atoms with E-state index in [9.17, 15) is 9.90 Å². The molecule has 1 aromatic rings. The molecule has 6 heteroatoms. The smallest absolute Gasteiger partial charge is 0.414 e. The Morgan fingerprint density at radius 3 is 2.68 bits per heavy atom. The van der Waals surface area contributed by atoms with Gasteiger partial charge in [-0.2, -0.15) is 0 Å². The van der Waals surface area contributed by atoms with Gasteiger partial charge in [-0.1, -0.05) is 6.92 Å². The lowest BCUT2D eigenvalue weighted by Gasteiger charge is -2.29. The monoisotopic (exact) mass is 344 g/mol. The number of aliphatic imine (C=N–C) groups is 1. The summed E-state index contributed by atoms with van der Waals surface area (Å²) in [6.07, 6.45) is 0.381. The summed E-state index contributed by atoms with van der Waals surface area (Å²) in [6.45, 7) is 10.6. The van der Waals surface area contributed by atoms with Gasteiger partial charge >= 0.3 is 6.09 Å². The number of cyclic esters (lactones) is 1. The summed E-state index contributed by atoms with van der Waals surface area (Å²) in [5.41, 5.74) is 4.76. The van der Waals surface area contributed by atoms with Crippen molar-refractivity contribution in [3.8, 4) is 0 Å². The van der Waals surface area contributed by atoms with Crippen LogP contribution in [0.5, 0.6) is 0 Å². The number of nitrogens with one attached hydrogen (secondary N) is 1. The molecule has 2 aliphatic heterocycles. The number of amides is 1. The zero-order chi connectivity index (χ0) is 18.2. The molecule has 0 saturated carbocycles. The Balaban J connectivity index is 1.84. The van der Waals surface area contributed by atoms with Crippen LogP contribution in [-0.2, 0) is 10.2 Å². The third kappa shape index (κ3) is 3.49. The molecule has 1 N–H and O–H groups in total. The number of ether oxygens (including phenoxy) is 1. The molecular weight excluding hydrogens is 318 g/mol. The zero-order valence-electron chi connectivity index (χ0n) is 15.4. The molecular formula is C19H26N3O3-. The summed E-state index contributed by atoms with van der Waals surface area (Å²) in [6, 6.07) is 4.13. The molecule has 3 rings (SSSR count). The van der Waals surface area contributed by atoms with E-state index in [-0.39, 0.29) is 30.1 Å². The highest BCUT2D eigenvalue weighted by Crippen LogP contribution is 2.37. The lowest BCUT2D eigenvalue weighted by atomic mass is 9.77. The van der Waals surface area contributed by atoms with E-state index in [0.29, 0.717) is 6.54 Å². The third-order valence-electron chi connectivity index (χ3n) is 5.19. The summed E-state index contributed by atoms with van der Waals surface area (Å²) in [7, 11) is 0. The van der Waals surface area contributed by atoms with Crippen LogP contribution in [0.3, 0.4) is 0 Å². The van der Waals surface area contributed by atoms with Gasteiger partial charge in [0.2, 0.25) is 0 Å². The van der Waals surface area contributed by atoms with Gasteiger partial charge in [-0.3, -0.25) is 4.90 Å². The van der Waals surface area contributed by atoms with Gasteiger partial charge in [-0.15, -0.1) is 0 Å². The van der Waals surface area contributed by atoms with E-state index in [2.05, 4.69) is 43.2 Å². The van der Waals surface area contributed by atoms with Crippen molar-refractivity contribution in [1.29, 1.82) is 0 Å². The van der Waals surface area contributed by atoms with Gasteiger partial charge in [0.05, 0.1) is 13.1 Å². The Hall–Kier alpha value is -2.08. The quantitative estimate of drug-likeness (QED) is 0.666. The standard InChI is InChI=1S/C19H27N3O3/c1-12-7-15(8-13(2)17(12)19(4)5-6-20-11-19)22-10-16(25-18(22)24)9-21-14(3)23/h7-8,16,20H,5-6,9-11H2,1-4H3,(H,21,23)/p-1. The molecule has 2 saturated heterocycles. The van der Waals surface area contributed by atoms with E-state index >= 15 is 0 Å². The normalized spacial score (nSPS) is 27.0. The first kappa shape index (κ1) is 17.7. The number of rotatable bonds is 4. The van der Waals surface area contributed by atoms with Gasteiger partial charge in [0.15, 0.2) is 0 Å². The van der Waals surface area contributed by atoms with Crippen molar-refractivity contribution in [2.24, 2.45) is 4.99 Å². The van der Waals surface area contributed by atoms with Crippen molar-refractivity contribution >= 4 is 17.7 Å². The predicted octanol–water partition coefficient (Wildman–Crippen LogP) is 1.66. The topological polar surface area (TPSA) is 77.0 Å². The molecule has 0 aliphatic carbocycles. The molecule has 1 aromatic carbocycles. The number of aryl methyl sites for hydroxylation is 2. The van der Waals surface area contributed by atoms with E-state index in [1.807, 2.05) is 0 Å². The molecule has 1 amide bonds. The Labute approximate surface area is 148 Å². The molecule has 6 nitrogen and oxygen atoms in total. The fourth-order valence-electron chi connectivity index (χ4n) is 4.14. The van der Waals surface area contributed by atoms with Crippen LogP contribution in [0.2, 0.25) is 0 Å². The first-order valence-electron chi connectivity index (χ1n) is 8.79. The van der Waals surface area contributed by atoms with Gasteiger partial charge in [0.1, 0.15) is 6.10 Å². The van der Waals surface area contributed by atoms with Crippen LogP contribution < -0.4 is 15.3 Å². The minimum atomic E-state index is -0.371. The Morgan fingerprint density at radius 2 is 2.12 bits per heavy atom. The highest BCUT2D eigenvalue weighted by molar-refractivity contribution is 5.90. The number of nitrogens with zero attached hydrogens (tertiary/aromatic N) is 2. The molecule has 2 atom stereocenters. The van der Waals surface area contributed by atoms with Gasteiger partial charge < -0.3 is 20.2 Å². The summed E-state index contributed by atoms with van der Waals surface area (Å²) in [5.74, 6) is -0.246. The maximum atomic E-state index is 12.2. The second-order valence-electron chi connectivity index (χ2n) is 7.42. The average molecular weight is 344 g/mol. The van der Waals surface area contributed by atoms with Crippen molar-refractivity contribution in [2.45, 2.75) is 45.6 Å². The number of hydrogen-bond acceptors (Lipinski definition) is 5. The minimum Gasteiger partial charge on any atom is -0.862 e. The second kappa shape index (κ2) is 6.67. The zero-order valence-corrected chi connectivity index (χ0v) is 15.4. The Bertz CT molecular complexity index is 681. The van der Waals surface area contributed by atoms with Gasteiger partial charge in [0, 0.05) is 17.6 Å². The largest absolute Gasteiger partial charge is 0.862 e. The fourth-order valence-corrected chi connectivity index (χ4v) is 4.14.